The number of fused-ring (bicyclic) bond motifs is 1. The SMILES string of the molecule is CCNC(=O)N(CC(=O)N1CCc2sccc2[C@H]1c1ccccc1)[C@@H](C)CC. The number of hydrogen-bond acceptors (Lipinski definition) is 3. The molecule has 2 aromatic rings. The zero-order valence-electron chi connectivity index (χ0n) is 16.9. The van der Waals surface area contributed by atoms with Crippen LogP contribution in [0.3, 0.4) is 0 Å². The van der Waals surface area contributed by atoms with Crippen molar-refractivity contribution in [1.29, 1.82) is 0 Å². The van der Waals surface area contributed by atoms with E-state index in [0.29, 0.717) is 13.1 Å². The summed E-state index contributed by atoms with van der Waals surface area (Å²) in [7, 11) is 0. The number of hydrogen-bond donors (Lipinski definition) is 1. The molecule has 6 heteroatoms. The van der Waals surface area contributed by atoms with E-state index in [0.717, 1.165) is 18.4 Å². The van der Waals surface area contributed by atoms with E-state index in [1.807, 2.05) is 43.9 Å². The second kappa shape index (κ2) is 9.24. The number of nitrogens with zero attached hydrogens (tertiary/aromatic N) is 2. The van der Waals surface area contributed by atoms with Crippen LogP contribution in [0.2, 0.25) is 0 Å². The Kier molecular flexibility index (Phi) is 6.73. The van der Waals surface area contributed by atoms with Crippen molar-refractivity contribution >= 4 is 23.3 Å². The van der Waals surface area contributed by atoms with Crippen molar-refractivity contribution in [1.82, 2.24) is 15.1 Å². The molecule has 2 heterocycles. The van der Waals surface area contributed by atoms with Gasteiger partial charge in [-0.2, -0.15) is 0 Å². The number of carbonyl (C=O) groups is 2. The highest BCUT2D eigenvalue weighted by molar-refractivity contribution is 7.10. The Morgan fingerprint density at radius 1 is 1.25 bits per heavy atom. The van der Waals surface area contributed by atoms with Crippen molar-refractivity contribution in [2.75, 3.05) is 19.6 Å². The number of rotatable bonds is 6. The fraction of sp³-hybridized carbons (Fsp3) is 0.455. The minimum Gasteiger partial charge on any atom is -0.338 e. The lowest BCUT2D eigenvalue weighted by molar-refractivity contribution is -0.134. The molecule has 0 bridgehead atoms. The first kappa shape index (κ1) is 20.4. The Morgan fingerprint density at radius 2 is 2.00 bits per heavy atom. The van der Waals surface area contributed by atoms with E-state index in [1.165, 1.54) is 10.4 Å². The van der Waals surface area contributed by atoms with Crippen LogP contribution in [0.15, 0.2) is 41.8 Å². The summed E-state index contributed by atoms with van der Waals surface area (Å²) in [5, 5.41) is 4.95. The van der Waals surface area contributed by atoms with Crippen molar-refractivity contribution in [3.63, 3.8) is 0 Å². The largest absolute Gasteiger partial charge is 0.338 e. The summed E-state index contributed by atoms with van der Waals surface area (Å²) in [5.74, 6) is -0.00254. The number of amides is 3. The lowest BCUT2D eigenvalue weighted by Crippen LogP contribution is -2.51. The molecule has 28 heavy (non-hydrogen) atoms. The van der Waals surface area contributed by atoms with Crippen LogP contribution < -0.4 is 5.32 Å². The van der Waals surface area contributed by atoms with Crippen LogP contribution >= 0.6 is 11.3 Å². The van der Waals surface area contributed by atoms with Crippen LogP contribution in [-0.4, -0.2) is 47.4 Å². The summed E-state index contributed by atoms with van der Waals surface area (Å²) >= 11 is 1.76. The molecule has 0 unspecified atom stereocenters. The summed E-state index contributed by atoms with van der Waals surface area (Å²) in [6.45, 7) is 7.24. The molecule has 1 aliphatic rings. The van der Waals surface area contributed by atoms with Gasteiger partial charge in [-0.3, -0.25) is 4.79 Å². The third-order valence-corrected chi connectivity index (χ3v) is 6.42. The van der Waals surface area contributed by atoms with Crippen molar-refractivity contribution < 1.29 is 9.59 Å². The minimum absolute atomic E-state index is 0.00254. The lowest BCUT2D eigenvalue weighted by Gasteiger charge is -2.38. The van der Waals surface area contributed by atoms with Crippen LogP contribution in [0, 0.1) is 0 Å². The van der Waals surface area contributed by atoms with Gasteiger partial charge in [-0.25, -0.2) is 4.79 Å². The van der Waals surface area contributed by atoms with E-state index in [9.17, 15) is 9.59 Å². The molecule has 2 atom stereocenters. The third-order valence-electron chi connectivity index (χ3n) is 5.42. The van der Waals surface area contributed by atoms with Crippen molar-refractivity contribution in [3.05, 3.63) is 57.8 Å². The van der Waals surface area contributed by atoms with Gasteiger partial charge in [0.15, 0.2) is 0 Å². The number of carbonyl (C=O) groups excluding carboxylic acids is 2. The van der Waals surface area contributed by atoms with E-state index < -0.39 is 0 Å². The van der Waals surface area contributed by atoms with Crippen LogP contribution in [-0.2, 0) is 11.2 Å². The normalized spacial score (nSPS) is 17.0. The molecule has 0 saturated heterocycles. The Hall–Kier alpha value is -2.34. The second-order valence-electron chi connectivity index (χ2n) is 7.17. The standard InChI is InChI=1S/C22H29N3O2S/c1-4-16(3)25(22(27)23-5-2)15-20(26)24-13-11-19-18(12-14-28-19)21(24)17-9-7-6-8-10-17/h6-10,12,14,16,21H,4-5,11,13,15H2,1-3H3,(H,23,27)/t16-,21+/m0/s1. The van der Waals surface area contributed by atoms with Gasteiger partial charge in [0.2, 0.25) is 5.91 Å². The predicted molar refractivity (Wildman–Crippen MR) is 114 cm³/mol. The molecule has 150 valence electrons. The average Bonchev–Trinajstić information content (AvgIpc) is 3.20. The fourth-order valence-corrected chi connectivity index (χ4v) is 4.62. The molecule has 0 radical (unpaired) electrons. The maximum Gasteiger partial charge on any atom is 0.318 e. The van der Waals surface area contributed by atoms with Crippen LogP contribution in [0.25, 0.3) is 0 Å². The van der Waals surface area contributed by atoms with Gasteiger partial charge >= 0.3 is 6.03 Å². The van der Waals surface area contributed by atoms with Gasteiger partial charge in [-0.1, -0.05) is 37.3 Å². The minimum atomic E-state index is -0.172. The quantitative estimate of drug-likeness (QED) is 0.797. The smallest absolute Gasteiger partial charge is 0.318 e. The highest BCUT2D eigenvalue weighted by Gasteiger charge is 2.34. The molecule has 0 saturated carbocycles. The first-order chi connectivity index (χ1) is 13.6. The summed E-state index contributed by atoms with van der Waals surface area (Å²) < 4.78 is 0. The molecule has 0 aliphatic carbocycles. The molecular weight excluding hydrogens is 370 g/mol. The first-order valence-corrected chi connectivity index (χ1v) is 10.9. The van der Waals surface area contributed by atoms with E-state index in [2.05, 4.69) is 28.9 Å². The molecule has 3 amide bonds. The van der Waals surface area contributed by atoms with Gasteiger partial charge in [-0.05, 0) is 49.3 Å². The van der Waals surface area contributed by atoms with Gasteiger partial charge in [0.05, 0.1) is 6.04 Å². The van der Waals surface area contributed by atoms with E-state index >= 15 is 0 Å². The summed E-state index contributed by atoms with van der Waals surface area (Å²) in [6.07, 6.45) is 1.67. The van der Waals surface area contributed by atoms with Gasteiger partial charge in [-0.15, -0.1) is 11.3 Å². The number of urea groups is 1. The molecule has 0 fully saturated rings. The monoisotopic (exact) mass is 399 g/mol. The molecule has 1 N–H and O–H groups in total. The number of benzene rings is 1. The van der Waals surface area contributed by atoms with Gasteiger partial charge in [0.25, 0.3) is 0 Å². The van der Waals surface area contributed by atoms with Crippen molar-refractivity contribution in [3.8, 4) is 0 Å². The maximum atomic E-state index is 13.4. The Morgan fingerprint density at radius 3 is 2.68 bits per heavy atom. The first-order valence-electron chi connectivity index (χ1n) is 10.0. The molecule has 3 rings (SSSR count). The van der Waals surface area contributed by atoms with Crippen LogP contribution in [0.1, 0.15) is 49.2 Å². The van der Waals surface area contributed by atoms with E-state index in [1.54, 1.807) is 16.2 Å². The fourth-order valence-electron chi connectivity index (χ4n) is 3.72. The maximum absolute atomic E-state index is 13.4. The zero-order valence-corrected chi connectivity index (χ0v) is 17.7. The Labute approximate surface area is 171 Å². The lowest BCUT2D eigenvalue weighted by atomic mass is 9.93. The van der Waals surface area contributed by atoms with E-state index in [4.69, 9.17) is 0 Å². The highest BCUT2D eigenvalue weighted by Crippen LogP contribution is 2.37. The van der Waals surface area contributed by atoms with Crippen molar-refractivity contribution in [2.45, 2.75) is 45.7 Å². The third kappa shape index (κ3) is 4.22. The Bertz CT molecular complexity index is 805. The highest BCUT2D eigenvalue weighted by atomic mass is 32.1. The van der Waals surface area contributed by atoms with Gasteiger partial charge < -0.3 is 15.1 Å². The summed E-state index contributed by atoms with van der Waals surface area (Å²) in [5.41, 5.74) is 2.33. The second-order valence-corrected chi connectivity index (χ2v) is 8.17. The molecule has 1 aromatic carbocycles. The average molecular weight is 400 g/mol. The number of thiophene rings is 1. The summed E-state index contributed by atoms with van der Waals surface area (Å²) in [4.78, 5) is 30.8. The van der Waals surface area contributed by atoms with Crippen LogP contribution in [0.4, 0.5) is 4.79 Å². The molecule has 5 nitrogen and oxygen atoms in total. The Balaban J connectivity index is 1.87. The van der Waals surface area contributed by atoms with Crippen molar-refractivity contribution in [2.24, 2.45) is 0 Å². The predicted octanol–water partition coefficient (Wildman–Crippen LogP) is 4.05. The molecule has 1 aliphatic heterocycles. The topological polar surface area (TPSA) is 52.7 Å². The van der Waals surface area contributed by atoms with Crippen LogP contribution in [0.5, 0.6) is 0 Å². The molecule has 0 spiro atoms. The molecule has 1 aromatic heterocycles. The van der Waals surface area contributed by atoms with E-state index in [-0.39, 0.29) is 30.6 Å². The molecular formula is C22H29N3O2S. The van der Waals surface area contributed by atoms with Gasteiger partial charge in [0.1, 0.15) is 6.54 Å². The zero-order chi connectivity index (χ0) is 20.1. The summed E-state index contributed by atoms with van der Waals surface area (Å²) in [6, 6.07) is 12.1. The van der Waals surface area contributed by atoms with Gasteiger partial charge in [0, 0.05) is 24.0 Å². The number of nitrogens with one attached hydrogen (secondary N) is 1.